The molecule has 1 aromatic heterocycles. The monoisotopic (exact) mass is 567 g/mol. The first-order valence-corrected chi connectivity index (χ1v) is 12.1. The van der Waals surface area contributed by atoms with E-state index in [1.165, 1.54) is 0 Å². The van der Waals surface area contributed by atoms with E-state index in [0.717, 1.165) is 36.6 Å². The number of nitrogen functional groups attached to an aromatic ring is 1. The van der Waals surface area contributed by atoms with Crippen molar-refractivity contribution in [2.75, 3.05) is 42.1 Å². The molecule has 2 heterocycles. The highest BCUT2D eigenvalue weighted by Gasteiger charge is 2.59. The maximum atomic E-state index is 13.7. The van der Waals surface area contributed by atoms with Gasteiger partial charge in [-0.15, -0.1) is 23.2 Å². The van der Waals surface area contributed by atoms with Crippen LogP contribution in [0.3, 0.4) is 0 Å². The van der Waals surface area contributed by atoms with Crippen LogP contribution in [0.2, 0.25) is 0 Å². The number of rotatable bonds is 10. The molecule has 0 spiro atoms. The molecule has 0 bridgehead atoms. The molecule has 1 saturated heterocycles. The van der Waals surface area contributed by atoms with Crippen LogP contribution < -0.4 is 22.1 Å². The van der Waals surface area contributed by atoms with Crippen molar-refractivity contribution >= 4 is 40.7 Å². The summed E-state index contributed by atoms with van der Waals surface area (Å²) in [6, 6.07) is 7.92. The molecule has 4 atom stereocenters. The van der Waals surface area contributed by atoms with Gasteiger partial charge in [-0.3, -0.25) is 9.36 Å². The topological polar surface area (TPSA) is 177 Å². The highest BCUT2D eigenvalue weighted by Crippen LogP contribution is 2.41. The number of aromatic nitrogens is 2. The summed E-state index contributed by atoms with van der Waals surface area (Å²) in [7, 11) is 0. The number of aliphatic hydroxyl groups excluding tert-OH is 2. The van der Waals surface area contributed by atoms with Gasteiger partial charge in [-0.2, -0.15) is 13.8 Å². The predicted molar refractivity (Wildman–Crippen MR) is 134 cm³/mol. The summed E-state index contributed by atoms with van der Waals surface area (Å²) in [4.78, 5) is 27.5. The predicted octanol–water partition coefficient (Wildman–Crippen LogP) is 0.636. The van der Waals surface area contributed by atoms with E-state index in [2.05, 4.69) is 9.88 Å². The third kappa shape index (κ3) is 7.97. The molecule has 1 aliphatic heterocycles. The zero-order valence-corrected chi connectivity index (χ0v) is 21.1. The van der Waals surface area contributed by atoms with Crippen LogP contribution in [0.4, 0.5) is 20.3 Å². The summed E-state index contributed by atoms with van der Waals surface area (Å²) in [5, 5.41) is 26.9. The van der Waals surface area contributed by atoms with Gasteiger partial charge in [0.15, 0.2) is 6.10 Å². The van der Waals surface area contributed by atoms with Crippen molar-refractivity contribution in [2.24, 2.45) is 5.73 Å². The number of benzene rings is 1. The fraction of sp³-hybridized carbons (Fsp3) is 0.500. The lowest BCUT2D eigenvalue weighted by atomic mass is 10.1. The first-order valence-electron chi connectivity index (χ1n) is 11.1. The van der Waals surface area contributed by atoms with E-state index in [0.29, 0.717) is 22.7 Å². The zero-order valence-electron chi connectivity index (χ0n) is 19.6. The van der Waals surface area contributed by atoms with Crippen molar-refractivity contribution in [3.63, 3.8) is 0 Å². The average Bonchev–Trinajstić information content (AvgIpc) is 3.08. The van der Waals surface area contributed by atoms with Gasteiger partial charge in [-0.25, -0.2) is 4.79 Å². The first-order chi connectivity index (χ1) is 17.5. The zero-order chi connectivity index (χ0) is 27.8. The normalized spacial score (nSPS) is 21.1. The van der Waals surface area contributed by atoms with Crippen LogP contribution in [-0.4, -0.2) is 86.5 Å². The Labute approximate surface area is 221 Å². The van der Waals surface area contributed by atoms with Crippen LogP contribution in [-0.2, 0) is 16.0 Å². The van der Waals surface area contributed by atoms with Gasteiger partial charge in [-0.1, -0.05) is 12.1 Å². The molecule has 0 amide bonds. The average molecular weight is 568 g/mol. The number of hydrogen-bond donors (Lipinski definition) is 5. The van der Waals surface area contributed by atoms with E-state index < -0.39 is 48.7 Å². The number of ether oxygens (including phenoxy) is 1. The van der Waals surface area contributed by atoms with Crippen molar-refractivity contribution in [1.29, 1.82) is 0 Å². The van der Waals surface area contributed by atoms with Gasteiger partial charge in [0.1, 0.15) is 18.0 Å². The molecule has 2 aromatic rings. The van der Waals surface area contributed by atoms with Gasteiger partial charge >= 0.3 is 17.6 Å². The van der Waals surface area contributed by atoms with E-state index in [1.54, 1.807) is 0 Å². The number of halogens is 4. The molecule has 15 heteroatoms. The van der Waals surface area contributed by atoms with Gasteiger partial charge in [0.05, 0.1) is 6.61 Å². The molecular formula is C22H29Cl2F2N5O6. The van der Waals surface area contributed by atoms with Gasteiger partial charge in [-0.05, 0) is 30.2 Å². The van der Waals surface area contributed by atoms with Gasteiger partial charge in [0.25, 0.3) is 0 Å². The number of hydrogen-bond acceptors (Lipinski definition) is 9. The molecule has 1 aliphatic rings. The Kier molecular flexibility index (Phi) is 11.5. The van der Waals surface area contributed by atoms with Crippen LogP contribution >= 0.6 is 23.2 Å². The third-order valence-electron chi connectivity index (χ3n) is 5.45. The lowest BCUT2D eigenvalue weighted by Gasteiger charge is -2.23. The molecule has 3 rings (SSSR count). The molecule has 0 saturated carbocycles. The van der Waals surface area contributed by atoms with Crippen molar-refractivity contribution in [3.8, 4) is 0 Å². The van der Waals surface area contributed by atoms with Crippen molar-refractivity contribution in [2.45, 2.75) is 36.8 Å². The van der Waals surface area contributed by atoms with Crippen molar-refractivity contribution in [1.82, 2.24) is 9.55 Å². The first kappa shape index (κ1) is 30.7. The molecule has 7 N–H and O–H groups in total. The van der Waals surface area contributed by atoms with Crippen molar-refractivity contribution in [3.05, 3.63) is 52.6 Å². The lowest BCUT2D eigenvalue weighted by molar-refractivity contribution is -0.141. The SMILES string of the molecule is N[C@@H](Cc1ccc(N(CCCl)CCCl)cc1)C(=O)O.Nc1ccn([C@@H]2O[C@H](CO)[C@@H](O)C2(F)F)c(=O)n1. The second kappa shape index (κ2) is 13.8. The van der Waals surface area contributed by atoms with Gasteiger partial charge < -0.3 is 36.4 Å². The second-order valence-corrected chi connectivity index (χ2v) is 8.81. The van der Waals surface area contributed by atoms with Crippen molar-refractivity contribution < 1.29 is 33.6 Å². The molecule has 0 aliphatic carbocycles. The number of carbonyl (C=O) groups is 1. The van der Waals surface area contributed by atoms with E-state index in [1.807, 2.05) is 24.3 Å². The Morgan fingerprint density at radius 1 is 1.22 bits per heavy atom. The fourth-order valence-corrected chi connectivity index (χ4v) is 3.89. The molecule has 1 fully saturated rings. The summed E-state index contributed by atoms with van der Waals surface area (Å²) in [5.41, 5.74) is 11.6. The summed E-state index contributed by atoms with van der Waals surface area (Å²) in [5.74, 6) is -3.76. The molecule has 37 heavy (non-hydrogen) atoms. The van der Waals surface area contributed by atoms with E-state index in [-0.39, 0.29) is 5.82 Å². The van der Waals surface area contributed by atoms with Gasteiger partial charge in [0, 0.05) is 36.7 Å². The number of carboxylic acids is 1. The van der Waals surface area contributed by atoms with E-state index >= 15 is 0 Å². The van der Waals surface area contributed by atoms with Crippen LogP contribution in [0.5, 0.6) is 0 Å². The maximum absolute atomic E-state index is 13.7. The lowest BCUT2D eigenvalue weighted by Crippen LogP contribution is -2.41. The minimum Gasteiger partial charge on any atom is -0.480 e. The number of nitrogens with zero attached hydrogens (tertiary/aromatic N) is 3. The highest BCUT2D eigenvalue weighted by molar-refractivity contribution is 6.18. The Morgan fingerprint density at radius 3 is 2.27 bits per heavy atom. The molecule has 0 radical (unpaired) electrons. The smallest absolute Gasteiger partial charge is 0.351 e. The Morgan fingerprint density at radius 2 is 1.81 bits per heavy atom. The van der Waals surface area contributed by atoms with Crippen LogP contribution in [0.15, 0.2) is 41.3 Å². The number of carboxylic acid groups (broad SMARTS) is 1. The summed E-state index contributed by atoms with van der Waals surface area (Å²) >= 11 is 11.5. The number of anilines is 2. The summed E-state index contributed by atoms with van der Waals surface area (Å²) < 4.78 is 32.7. The van der Waals surface area contributed by atoms with Crippen LogP contribution in [0.1, 0.15) is 11.8 Å². The number of aliphatic carboxylic acids is 1. The van der Waals surface area contributed by atoms with Crippen LogP contribution in [0, 0.1) is 0 Å². The fourth-order valence-electron chi connectivity index (χ4n) is 3.48. The van der Waals surface area contributed by atoms with E-state index in [9.17, 15) is 23.5 Å². The molecule has 1 aromatic carbocycles. The quantitative estimate of drug-likeness (QED) is 0.256. The number of nitrogens with two attached hydrogens (primary N) is 2. The number of aliphatic hydroxyl groups is 2. The van der Waals surface area contributed by atoms with Gasteiger partial charge in [0.2, 0.25) is 6.23 Å². The molecule has 11 nitrogen and oxygen atoms in total. The van der Waals surface area contributed by atoms with E-state index in [4.69, 9.17) is 49.6 Å². The number of alkyl halides is 4. The Bertz CT molecular complexity index is 1070. The largest absolute Gasteiger partial charge is 0.480 e. The summed E-state index contributed by atoms with van der Waals surface area (Å²) in [6.07, 6.45) is -4.37. The van der Waals surface area contributed by atoms with Crippen LogP contribution in [0.25, 0.3) is 0 Å². The highest BCUT2D eigenvalue weighted by atomic mass is 35.5. The Hall–Kier alpha value is -2.55. The molecule has 206 valence electrons. The maximum Gasteiger partial charge on any atom is 0.351 e. The standard InChI is InChI=1S/C13H18Cl2N2O2.C9H11F2N3O4/c14-5-7-17(8-6-15)11-3-1-10(2-4-11)9-12(16)13(18)19;10-9(11)6(16)4(3-15)18-7(9)14-2-1-5(12)13-8(14)17/h1-4,12H,5-9,16H2,(H,18,19);1-2,4,6-7,15-16H,3H2,(H2,12,13,17)/t12-;4-,6-,7-/m01/s1. The third-order valence-corrected chi connectivity index (χ3v) is 5.78. The minimum atomic E-state index is -3.71. The molecular weight excluding hydrogens is 539 g/mol. The molecule has 0 unspecified atom stereocenters. The second-order valence-electron chi connectivity index (χ2n) is 8.05. The minimum absolute atomic E-state index is 0.114. The Balaban J connectivity index is 0.000000260. The summed E-state index contributed by atoms with van der Waals surface area (Å²) in [6.45, 7) is 0.662.